The SMILES string of the molecule is COc1nc(N)ccc1Br.[HH]. The number of halogens is 1. The maximum atomic E-state index is 5.39. The lowest BCUT2D eigenvalue weighted by molar-refractivity contribution is 0.396. The molecule has 1 aromatic rings. The zero-order valence-corrected chi connectivity index (χ0v) is 7.05. The monoisotopic (exact) mass is 204 g/mol. The fourth-order valence-corrected chi connectivity index (χ4v) is 0.964. The summed E-state index contributed by atoms with van der Waals surface area (Å²) in [5.74, 6) is 0.972. The lowest BCUT2D eigenvalue weighted by Gasteiger charge is -2.00. The van der Waals surface area contributed by atoms with Crippen molar-refractivity contribution >= 4 is 21.7 Å². The normalized spacial score (nSPS) is 9.40. The van der Waals surface area contributed by atoms with Gasteiger partial charge in [-0.1, -0.05) is 0 Å². The number of pyridine rings is 1. The zero-order valence-electron chi connectivity index (χ0n) is 5.47. The van der Waals surface area contributed by atoms with E-state index in [0.29, 0.717) is 11.7 Å². The Labute approximate surface area is 68.8 Å². The Hall–Kier alpha value is -0.770. The van der Waals surface area contributed by atoms with Crippen LogP contribution in [0.3, 0.4) is 0 Å². The Morgan fingerprint density at radius 3 is 2.90 bits per heavy atom. The van der Waals surface area contributed by atoms with Gasteiger partial charge in [0.2, 0.25) is 5.88 Å². The summed E-state index contributed by atoms with van der Waals surface area (Å²) in [4.78, 5) is 3.90. The van der Waals surface area contributed by atoms with Crippen molar-refractivity contribution in [1.29, 1.82) is 0 Å². The quantitative estimate of drug-likeness (QED) is 0.758. The third-order valence-corrected chi connectivity index (χ3v) is 1.63. The molecule has 10 heavy (non-hydrogen) atoms. The third kappa shape index (κ3) is 1.39. The molecule has 0 bridgehead atoms. The minimum absolute atomic E-state index is 0. The first kappa shape index (κ1) is 7.34. The van der Waals surface area contributed by atoms with E-state index < -0.39 is 0 Å². The summed E-state index contributed by atoms with van der Waals surface area (Å²) in [6.07, 6.45) is 0. The first-order chi connectivity index (χ1) is 4.74. The van der Waals surface area contributed by atoms with Crippen molar-refractivity contribution in [2.24, 2.45) is 0 Å². The Bertz CT molecular complexity index is 244. The van der Waals surface area contributed by atoms with Crippen LogP contribution in [-0.2, 0) is 0 Å². The lowest BCUT2D eigenvalue weighted by Crippen LogP contribution is -1.93. The zero-order chi connectivity index (χ0) is 7.56. The molecule has 0 saturated heterocycles. The molecule has 3 nitrogen and oxygen atoms in total. The van der Waals surface area contributed by atoms with E-state index in [-0.39, 0.29) is 1.43 Å². The lowest BCUT2D eigenvalue weighted by atomic mass is 10.4. The summed E-state index contributed by atoms with van der Waals surface area (Å²) < 4.78 is 5.70. The number of nitrogens with two attached hydrogens (primary N) is 1. The summed E-state index contributed by atoms with van der Waals surface area (Å²) in [5, 5.41) is 0. The van der Waals surface area contributed by atoms with E-state index in [0.717, 1.165) is 4.47 Å². The molecule has 0 aliphatic heterocycles. The van der Waals surface area contributed by atoms with Gasteiger partial charge in [-0.25, -0.2) is 0 Å². The van der Waals surface area contributed by atoms with Gasteiger partial charge < -0.3 is 10.5 Å². The van der Waals surface area contributed by atoms with Crippen LogP contribution in [0.1, 0.15) is 1.43 Å². The second-order valence-corrected chi connectivity index (χ2v) is 2.58. The molecule has 0 amide bonds. The van der Waals surface area contributed by atoms with E-state index in [9.17, 15) is 0 Å². The van der Waals surface area contributed by atoms with Gasteiger partial charge in [0.05, 0.1) is 11.6 Å². The van der Waals surface area contributed by atoms with Gasteiger partial charge >= 0.3 is 0 Å². The number of rotatable bonds is 1. The fraction of sp³-hybridized carbons (Fsp3) is 0.167. The first-order valence-corrected chi connectivity index (χ1v) is 3.49. The summed E-state index contributed by atoms with van der Waals surface area (Å²) in [6.45, 7) is 0. The number of methoxy groups -OCH3 is 1. The number of nitrogen functional groups attached to an aromatic ring is 1. The van der Waals surface area contributed by atoms with Crippen LogP contribution in [0.4, 0.5) is 5.82 Å². The molecule has 0 saturated carbocycles. The molecule has 0 aromatic carbocycles. The van der Waals surface area contributed by atoms with Gasteiger partial charge in [-0.15, -0.1) is 0 Å². The van der Waals surface area contributed by atoms with Crippen molar-refractivity contribution in [1.82, 2.24) is 4.98 Å². The average Bonchev–Trinajstić information content (AvgIpc) is 1.94. The maximum absolute atomic E-state index is 5.39. The van der Waals surface area contributed by atoms with E-state index in [2.05, 4.69) is 20.9 Å². The first-order valence-electron chi connectivity index (χ1n) is 2.70. The van der Waals surface area contributed by atoms with E-state index in [1.807, 2.05) is 0 Å². The molecule has 56 valence electrons. The number of ether oxygens (including phenoxy) is 1. The topological polar surface area (TPSA) is 48.1 Å². The third-order valence-electron chi connectivity index (χ3n) is 1.03. The van der Waals surface area contributed by atoms with Crippen molar-refractivity contribution in [2.45, 2.75) is 0 Å². The van der Waals surface area contributed by atoms with Gasteiger partial charge in [-0.05, 0) is 28.1 Å². The minimum atomic E-state index is 0. The highest BCUT2D eigenvalue weighted by atomic mass is 79.9. The number of hydrogen-bond acceptors (Lipinski definition) is 3. The van der Waals surface area contributed by atoms with Crippen molar-refractivity contribution in [2.75, 3.05) is 12.8 Å². The molecule has 1 rings (SSSR count). The van der Waals surface area contributed by atoms with Crippen LogP contribution in [0.15, 0.2) is 16.6 Å². The standard InChI is InChI=1S/C6H7BrN2O.H2/c1-10-6-4(7)2-3-5(8)9-6;/h2-3H,1H3,(H2,8,9);1H. The van der Waals surface area contributed by atoms with E-state index in [1.165, 1.54) is 0 Å². The van der Waals surface area contributed by atoms with Crippen molar-refractivity contribution in [3.8, 4) is 5.88 Å². The minimum Gasteiger partial charge on any atom is -0.480 e. The molecule has 0 radical (unpaired) electrons. The summed E-state index contributed by atoms with van der Waals surface area (Å²) in [7, 11) is 1.55. The molecule has 1 heterocycles. The van der Waals surface area contributed by atoms with Gasteiger partial charge in [0, 0.05) is 1.43 Å². The van der Waals surface area contributed by atoms with Crippen LogP contribution in [-0.4, -0.2) is 12.1 Å². The van der Waals surface area contributed by atoms with Crippen LogP contribution in [0.2, 0.25) is 0 Å². The molecule has 0 fully saturated rings. The largest absolute Gasteiger partial charge is 0.480 e. The Morgan fingerprint density at radius 2 is 2.40 bits per heavy atom. The van der Waals surface area contributed by atoms with Crippen LogP contribution in [0.25, 0.3) is 0 Å². The number of anilines is 1. The second kappa shape index (κ2) is 2.88. The van der Waals surface area contributed by atoms with Gasteiger partial charge in [-0.3, -0.25) is 0 Å². The Morgan fingerprint density at radius 1 is 1.70 bits per heavy atom. The van der Waals surface area contributed by atoms with E-state index >= 15 is 0 Å². The van der Waals surface area contributed by atoms with Crippen LogP contribution >= 0.6 is 15.9 Å². The molecule has 4 heteroatoms. The number of aromatic nitrogens is 1. The van der Waals surface area contributed by atoms with Crippen molar-refractivity contribution < 1.29 is 6.16 Å². The van der Waals surface area contributed by atoms with Crippen molar-refractivity contribution in [3.63, 3.8) is 0 Å². The highest BCUT2D eigenvalue weighted by Crippen LogP contribution is 2.22. The van der Waals surface area contributed by atoms with Crippen LogP contribution in [0, 0.1) is 0 Å². The van der Waals surface area contributed by atoms with E-state index in [1.54, 1.807) is 19.2 Å². The summed E-state index contributed by atoms with van der Waals surface area (Å²) in [6, 6.07) is 3.49. The molecule has 0 aliphatic carbocycles. The molecule has 0 aliphatic rings. The predicted octanol–water partition coefficient (Wildman–Crippen LogP) is 1.68. The van der Waals surface area contributed by atoms with Gasteiger partial charge in [-0.2, -0.15) is 4.98 Å². The predicted molar refractivity (Wildman–Crippen MR) is 45.0 cm³/mol. The smallest absolute Gasteiger partial charge is 0.229 e. The number of nitrogens with zero attached hydrogens (tertiary/aromatic N) is 1. The van der Waals surface area contributed by atoms with Gasteiger partial charge in [0.1, 0.15) is 5.82 Å². The maximum Gasteiger partial charge on any atom is 0.229 e. The Kier molecular flexibility index (Phi) is 2.11. The molecule has 2 N–H and O–H groups in total. The van der Waals surface area contributed by atoms with E-state index in [4.69, 9.17) is 10.5 Å². The molecule has 0 unspecified atom stereocenters. The highest BCUT2D eigenvalue weighted by molar-refractivity contribution is 9.10. The molecular weight excluding hydrogens is 196 g/mol. The fourth-order valence-electron chi connectivity index (χ4n) is 0.581. The number of hydrogen-bond donors (Lipinski definition) is 1. The molecule has 1 aromatic heterocycles. The average molecular weight is 205 g/mol. The Balaban J connectivity index is 0.000001000. The molecular formula is C6H9BrN2O. The van der Waals surface area contributed by atoms with Crippen molar-refractivity contribution in [3.05, 3.63) is 16.6 Å². The summed E-state index contributed by atoms with van der Waals surface area (Å²) >= 11 is 3.25. The van der Waals surface area contributed by atoms with Gasteiger partial charge in [0.25, 0.3) is 0 Å². The van der Waals surface area contributed by atoms with Crippen LogP contribution in [0.5, 0.6) is 5.88 Å². The molecule has 0 atom stereocenters. The van der Waals surface area contributed by atoms with Gasteiger partial charge in [0.15, 0.2) is 0 Å². The second-order valence-electron chi connectivity index (χ2n) is 1.73. The van der Waals surface area contributed by atoms with Crippen LogP contribution < -0.4 is 10.5 Å². The molecule has 0 spiro atoms. The highest BCUT2D eigenvalue weighted by Gasteiger charge is 1.99. The summed E-state index contributed by atoms with van der Waals surface area (Å²) in [5.41, 5.74) is 5.39.